The second-order valence-electron chi connectivity index (χ2n) is 6.94. The van der Waals surface area contributed by atoms with Crippen molar-refractivity contribution in [2.45, 2.75) is 37.5 Å². The summed E-state index contributed by atoms with van der Waals surface area (Å²) < 4.78 is 51.2. The number of alkyl halides is 3. The molecule has 1 N–H and O–H groups in total. The van der Waals surface area contributed by atoms with E-state index in [4.69, 9.17) is 9.47 Å². The number of carbonyl (C=O) groups excluding carboxylic acids is 1. The number of carbonyl (C=O) groups is 1. The molecule has 3 rings (SSSR count). The zero-order chi connectivity index (χ0) is 20.9. The summed E-state index contributed by atoms with van der Waals surface area (Å²) in [6.07, 6.45) is -7.93. The van der Waals surface area contributed by atoms with Crippen molar-refractivity contribution in [1.82, 2.24) is 4.90 Å². The lowest BCUT2D eigenvalue weighted by molar-refractivity contribution is -0.309. The van der Waals surface area contributed by atoms with Gasteiger partial charge < -0.3 is 19.5 Å². The molecule has 0 radical (unpaired) electrons. The summed E-state index contributed by atoms with van der Waals surface area (Å²) in [5.41, 5.74) is -1.60. The standard InChI is InChI=1S/C21H22F3NO4/c22-21(23,24)20(27)11-12-25(19(26)29-15-17-9-5-2-6-10-17)13-18(20)28-14-16-7-3-1-4-8-16/h1-10,18,27H,11-15H2/t18-,20+/m1/s1. The van der Waals surface area contributed by atoms with Crippen LogP contribution in [0.25, 0.3) is 0 Å². The number of hydrogen-bond acceptors (Lipinski definition) is 4. The summed E-state index contributed by atoms with van der Waals surface area (Å²) in [5, 5.41) is 10.3. The Morgan fingerprint density at radius 3 is 2.14 bits per heavy atom. The van der Waals surface area contributed by atoms with Crippen molar-refractivity contribution in [2.75, 3.05) is 13.1 Å². The van der Waals surface area contributed by atoms with Crippen LogP contribution < -0.4 is 0 Å². The SMILES string of the molecule is O=C(OCc1ccccc1)N1CC[C@@](O)(C(F)(F)F)[C@H](OCc2ccccc2)C1. The molecule has 8 heteroatoms. The first kappa shape index (κ1) is 21.1. The van der Waals surface area contributed by atoms with Crippen LogP contribution in [-0.4, -0.2) is 47.1 Å². The van der Waals surface area contributed by atoms with Crippen molar-refractivity contribution >= 4 is 6.09 Å². The van der Waals surface area contributed by atoms with Crippen LogP contribution in [0.3, 0.4) is 0 Å². The molecule has 1 aliphatic heterocycles. The van der Waals surface area contributed by atoms with Gasteiger partial charge in [0.15, 0.2) is 5.60 Å². The number of piperidine rings is 1. The van der Waals surface area contributed by atoms with E-state index in [9.17, 15) is 23.1 Å². The highest BCUT2D eigenvalue weighted by Gasteiger charge is 2.61. The smallest absolute Gasteiger partial charge is 0.419 e. The lowest BCUT2D eigenvalue weighted by Gasteiger charge is -2.44. The Bertz CT molecular complexity index is 801. The summed E-state index contributed by atoms with van der Waals surface area (Å²) >= 11 is 0. The van der Waals surface area contributed by atoms with Gasteiger partial charge in [0.05, 0.1) is 13.2 Å². The second-order valence-corrected chi connectivity index (χ2v) is 6.94. The first-order valence-electron chi connectivity index (χ1n) is 9.20. The van der Waals surface area contributed by atoms with Gasteiger partial charge in [-0.25, -0.2) is 4.79 Å². The Morgan fingerprint density at radius 2 is 1.59 bits per heavy atom. The molecule has 1 saturated heterocycles. The summed E-state index contributed by atoms with van der Waals surface area (Å²) in [4.78, 5) is 13.5. The predicted octanol–water partition coefficient (Wildman–Crippen LogP) is 3.91. The Hall–Kier alpha value is -2.58. The van der Waals surface area contributed by atoms with E-state index < -0.39 is 36.9 Å². The summed E-state index contributed by atoms with van der Waals surface area (Å²) in [6.45, 7) is -0.808. The average Bonchev–Trinajstić information content (AvgIpc) is 2.72. The van der Waals surface area contributed by atoms with Gasteiger partial charge in [-0.3, -0.25) is 0 Å². The van der Waals surface area contributed by atoms with Crippen molar-refractivity contribution in [3.8, 4) is 0 Å². The molecule has 0 unspecified atom stereocenters. The number of nitrogens with zero attached hydrogens (tertiary/aromatic N) is 1. The highest BCUT2D eigenvalue weighted by Crippen LogP contribution is 2.40. The molecule has 5 nitrogen and oxygen atoms in total. The molecule has 0 bridgehead atoms. The van der Waals surface area contributed by atoms with Crippen LogP contribution in [0.4, 0.5) is 18.0 Å². The van der Waals surface area contributed by atoms with Crippen LogP contribution in [0, 0.1) is 0 Å². The lowest BCUT2D eigenvalue weighted by atomic mass is 9.87. The van der Waals surface area contributed by atoms with E-state index in [-0.39, 0.29) is 19.8 Å². The molecule has 0 saturated carbocycles. The topological polar surface area (TPSA) is 59.0 Å². The van der Waals surface area contributed by atoms with E-state index in [1.54, 1.807) is 54.6 Å². The van der Waals surface area contributed by atoms with Crippen LogP contribution in [-0.2, 0) is 22.7 Å². The highest BCUT2D eigenvalue weighted by atomic mass is 19.4. The summed E-state index contributed by atoms with van der Waals surface area (Å²) in [7, 11) is 0. The van der Waals surface area contributed by atoms with Gasteiger partial charge >= 0.3 is 12.3 Å². The number of amides is 1. The second kappa shape index (κ2) is 8.84. The molecule has 0 aliphatic carbocycles. The van der Waals surface area contributed by atoms with E-state index in [0.29, 0.717) is 5.56 Å². The van der Waals surface area contributed by atoms with Crippen LogP contribution in [0.1, 0.15) is 17.5 Å². The van der Waals surface area contributed by atoms with Crippen LogP contribution in [0.2, 0.25) is 0 Å². The fourth-order valence-electron chi connectivity index (χ4n) is 3.17. The summed E-state index contributed by atoms with van der Waals surface area (Å²) in [5.74, 6) is 0. The van der Waals surface area contributed by atoms with E-state index in [2.05, 4.69) is 0 Å². The number of benzene rings is 2. The average molecular weight is 409 g/mol. The van der Waals surface area contributed by atoms with Gasteiger partial charge in [-0.05, 0) is 11.1 Å². The molecule has 2 atom stereocenters. The number of rotatable bonds is 5. The molecule has 1 aliphatic rings. The van der Waals surface area contributed by atoms with Gasteiger partial charge in [0.25, 0.3) is 0 Å². The van der Waals surface area contributed by atoms with E-state index >= 15 is 0 Å². The third kappa shape index (κ3) is 5.07. The largest absolute Gasteiger partial charge is 0.445 e. The van der Waals surface area contributed by atoms with E-state index in [1.807, 2.05) is 6.07 Å². The molecule has 1 heterocycles. The Morgan fingerprint density at radius 1 is 1.03 bits per heavy atom. The molecular formula is C21H22F3NO4. The van der Waals surface area contributed by atoms with Gasteiger partial charge in [-0.2, -0.15) is 13.2 Å². The molecule has 1 fully saturated rings. The van der Waals surface area contributed by atoms with Gasteiger partial charge in [0.1, 0.15) is 12.7 Å². The number of aliphatic hydroxyl groups is 1. The highest BCUT2D eigenvalue weighted by molar-refractivity contribution is 5.68. The van der Waals surface area contributed by atoms with Crippen molar-refractivity contribution in [2.24, 2.45) is 0 Å². The van der Waals surface area contributed by atoms with Crippen LogP contribution in [0.15, 0.2) is 60.7 Å². The molecule has 1 amide bonds. The normalized spacial score (nSPS) is 22.3. The molecule has 2 aromatic carbocycles. The third-order valence-corrected chi connectivity index (χ3v) is 4.93. The van der Waals surface area contributed by atoms with E-state index in [0.717, 1.165) is 10.5 Å². The van der Waals surface area contributed by atoms with Crippen molar-refractivity contribution in [3.05, 3.63) is 71.8 Å². The first-order valence-corrected chi connectivity index (χ1v) is 9.20. The number of halogens is 3. The minimum absolute atomic E-state index is 0.00918. The molecule has 0 aromatic heterocycles. The Balaban J connectivity index is 1.66. The molecule has 2 aromatic rings. The quantitative estimate of drug-likeness (QED) is 0.814. The van der Waals surface area contributed by atoms with Crippen molar-refractivity contribution < 1.29 is 32.5 Å². The minimum atomic E-state index is -4.88. The van der Waals surface area contributed by atoms with Gasteiger partial charge in [-0.1, -0.05) is 60.7 Å². The maximum atomic E-state index is 13.5. The van der Waals surface area contributed by atoms with Crippen LogP contribution in [0.5, 0.6) is 0 Å². The maximum absolute atomic E-state index is 13.5. The number of ether oxygens (including phenoxy) is 2. The predicted molar refractivity (Wildman–Crippen MR) is 98.8 cm³/mol. The zero-order valence-electron chi connectivity index (χ0n) is 15.6. The van der Waals surface area contributed by atoms with Crippen LogP contribution >= 0.6 is 0 Å². The van der Waals surface area contributed by atoms with E-state index in [1.165, 1.54) is 0 Å². The molecule has 29 heavy (non-hydrogen) atoms. The van der Waals surface area contributed by atoms with Crippen molar-refractivity contribution in [3.63, 3.8) is 0 Å². The first-order chi connectivity index (χ1) is 13.8. The Kier molecular flexibility index (Phi) is 6.44. The summed E-state index contributed by atoms with van der Waals surface area (Å²) in [6, 6.07) is 17.6. The maximum Gasteiger partial charge on any atom is 0.419 e. The number of hydrogen-bond donors (Lipinski definition) is 1. The molecule has 0 spiro atoms. The Labute approximate surface area is 166 Å². The van der Waals surface area contributed by atoms with Gasteiger partial charge in [0, 0.05) is 13.0 Å². The van der Waals surface area contributed by atoms with Crippen molar-refractivity contribution in [1.29, 1.82) is 0 Å². The zero-order valence-corrected chi connectivity index (χ0v) is 15.6. The molecule has 156 valence electrons. The minimum Gasteiger partial charge on any atom is -0.445 e. The number of likely N-dealkylation sites (tertiary alicyclic amines) is 1. The monoisotopic (exact) mass is 409 g/mol. The lowest BCUT2D eigenvalue weighted by Crippen LogP contribution is -2.64. The fourth-order valence-corrected chi connectivity index (χ4v) is 3.17. The fraction of sp³-hybridized carbons (Fsp3) is 0.381. The van der Waals surface area contributed by atoms with Gasteiger partial charge in [-0.15, -0.1) is 0 Å². The third-order valence-electron chi connectivity index (χ3n) is 4.93. The molecular weight excluding hydrogens is 387 g/mol. The van der Waals surface area contributed by atoms with Gasteiger partial charge in [0.2, 0.25) is 0 Å².